The Morgan fingerprint density at radius 3 is 2.22 bits per heavy atom. The molecule has 5 aromatic rings. The van der Waals surface area contributed by atoms with Gasteiger partial charge in [0.2, 0.25) is 5.91 Å². The molecule has 4 nitrogen and oxygen atoms in total. The summed E-state index contributed by atoms with van der Waals surface area (Å²) in [6.07, 6.45) is 0.211. The molecule has 5 rings (SSSR count). The van der Waals surface area contributed by atoms with E-state index in [0.717, 1.165) is 38.6 Å². The quantitative estimate of drug-likeness (QED) is 0.239. The third-order valence-corrected chi connectivity index (χ3v) is 6.95. The molecule has 0 bridgehead atoms. The van der Waals surface area contributed by atoms with E-state index in [2.05, 4.69) is 17.4 Å². The van der Waals surface area contributed by atoms with Gasteiger partial charge in [-0.3, -0.25) is 4.79 Å². The van der Waals surface area contributed by atoms with Crippen LogP contribution in [0.15, 0.2) is 102 Å². The van der Waals surface area contributed by atoms with E-state index in [1.54, 1.807) is 6.92 Å². The minimum absolute atomic E-state index is 0.176. The van der Waals surface area contributed by atoms with Crippen LogP contribution < -0.4 is 5.32 Å². The lowest BCUT2D eigenvalue weighted by Gasteiger charge is -2.10. The first-order valence-corrected chi connectivity index (χ1v) is 12.7. The van der Waals surface area contributed by atoms with Crippen molar-refractivity contribution in [3.05, 3.63) is 114 Å². The van der Waals surface area contributed by atoms with E-state index < -0.39 is 5.97 Å². The molecule has 1 heterocycles. The number of carbonyl (C=O) groups excluding carboxylic acids is 2. The van der Waals surface area contributed by atoms with Crippen LogP contribution in [0.4, 0.5) is 5.00 Å². The summed E-state index contributed by atoms with van der Waals surface area (Å²) in [5, 5.41) is 7.51. The summed E-state index contributed by atoms with van der Waals surface area (Å²) in [4.78, 5) is 26.0. The highest BCUT2D eigenvalue weighted by Crippen LogP contribution is 2.37. The largest absolute Gasteiger partial charge is 0.462 e. The second-order valence-electron chi connectivity index (χ2n) is 8.38. The topological polar surface area (TPSA) is 55.4 Å². The third kappa shape index (κ3) is 4.92. The highest BCUT2D eigenvalue weighted by atomic mass is 32.1. The van der Waals surface area contributed by atoms with Gasteiger partial charge in [-0.15, -0.1) is 11.3 Å². The minimum atomic E-state index is -0.443. The van der Waals surface area contributed by atoms with Crippen LogP contribution in [-0.4, -0.2) is 18.5 Å². The van der Waals surface area contributed by atoms with Crippen molar-refractivity contribution in [2.75, 3.05) is 11.9 Å². The summed E-state index contributed by atoms with van der Waals surface area (Å²) in [5.74, 6) is -0.619. The van der Waals surface area contributed by atoms with Crippen molar-refractivity contribution in [1.82, 2.24) is 0 Å². The van der Waals surface area contributed by atoms with Crippen LogP contribution in [-0.2, 0) is 16.0 Å². The van der Waals surface area contributed by atoms with Crippen molar-refractivity contribution >= 4 is 39.0 Å². The van der Waals surface area contributed by atoms with Crippen LogP contribution in [0.25, 0.3) is 33.0 Å². The van der Waals surface area contributed by atoms with Crippen molar-refractivity contribution in [3.63, 3.8) is 0 Å². The van der Waals surface area contributed by atoms with Gasteiger partial charge < -0.3 is 10.1 Å². The van der Waals surface area contributed by atoms with Crippen LogP contribution in [0.3, 0.4) is 0 Å². The first-order chi connectivity index (χ1) is 17.6. The normalized spacial score (nSPS) is 10.8. The van der Waals surface area contributed by atoms with Gasteiger partial charge in [-0.05, 0) is 39.9 Å². The maximum absolute atomic E-state index is 13.0. The number of anilines is 1. The summed E-state index contributed by atoms with van der Waals surface area (Å²) in [6.45, 7) is 2.03. The fourth-order valence-electron chi connectivity index (χ4n) is 4.33. The lowest BCUT2D eigenvalue weighted by molar-refractivity contribution is -0.115. The molecule has 0 aliphatic heterocycles. The average Bonchev–Trinajstić information content (AvgIpc) is 3.33. The first kappa shape index (κ1) is 23.5. The van der Waals surface area contributed by atoms with Gasteiger partial charge >= 0.3 is 5.97 Å². The molecule has 1 aromatic heterocycles. The highest BCUT2D eigenvalue weighted by molar-refractivity contribution is 7.15. The maximum atomic E-state index is 13.0. The van der Waals surface area contributed by atoms with Gasteiger partial charge in [0.15, 0.2) is 0 Å². The van der Waals surface area contributed by atoms with Crippen LogP contribution in [0, 0.1) is 0 Å². The summed E-state index contributed by atoms with van der Waals surface area (Å²) in [6, 6.07) is 32.1. The number of amides is 1. The number of nitrogens with one attached hydrogen (secondary N) is 1. The molecule has 0 fully saturated rings. The Bertz CT molecular complexity index is 1520. The molecule has 1 N–H and O–H groups in total. The van der Waals surface area contributed by atoms with Crippen LogP contribution in [0.2, 0.25) is 0 Å². The van der Waals surface area contributed by atoms with E-state index in [9.17, 15) is 9.59 Å². The molecule has 0 unspecified atom stereocenters. The van der Waals surface area contributed by atoms with Gasteiger partial charge in [0.1, 0.15) is 10.6 Å². The second kappa shape index (κ2) is 10.6. The highest BCUT2D eigenvalue weighted by Gasteiger charge is 2.23. The van der Waals surface area contributed by atoms with Crippen molar-refractivity contribution in [2.45, 2.75) is 13.3 Å². The molecule has 0 saturated heterocycles. The van der Waals surface area contributed by atoms with Crippen LogP contribution in [0.1, 0.15) is 22.8 Å². The number of esters is 1. The van der Waals surface area contributed by atoms with Crippen molar-refractivity contribution < 1.29 is 14.3 Å². The van der Waals surface area contributed by atoms with E-state index >= 15 is 0 Å². The fraction of sp³-hybridized carbons (Fsp3) is 0.0968. The maximum Gasteiger partial charge on any atom is 0.341 e. The average molecular weight is 492 g/mol. The SMILES string of the molecule is CCOC(=O)c1c(-c2ccc(-c3ccccc3)cc2)csc1NC(=O)Cc1cccc2ccccc12. The summed E-state index contributed by atoms with van der Waals surface area (Å²) >= 11 is 1.34. The fourth-order valence-corrected chi connectivity index (χ4v) is 5.31. The Kier molecular flexibility index (Phi) is 6.92. The standard InChI is InChI=1S/C31H25NO3S/c1-2-35-31(34)29-27(24-17-15-22(16-18-24)21-9-4-3-5-10-21)20-36-30(29)32-28(33)19-25-13-8-12-23-11-6-7-14-26(23)25/h3-18,20H,2,19H2,1H3,(H,32,33). The zero-order chi connectivity index (χ0) is 24.9. The van der Waals surface area contributed by atoms with E-state index in [4.69, 9.17) is 4.74 Å². The number of thiophene rings is 1. The minimum Gasteiger partial charge on any atom is -0.462 e. The number of carbonyl (C=O) groups is 2. The molecular weight excluding hydrogens is 466 g/mol. The molecule has 178 valence electrons. The molecule has 0 aliphatic rings. The number of rotatable bonds is 7. The number of hydrogen-bond acceptors (Lipinski definition) is 4. The Morgan fingerprint density at radius 2 is 1.44 bits per heavy atom. The summed E-state index contributed by atoms with van der Waals surface area (Å²) in [5.41, 5.74) is 5.19. The number of ether oxygens (including phenoxy) is 1. The molecule has 0 atom stereocenters. The van der Waals surface area contributed by atoms with E-state index in [1.165, 1.54) is 11.3 Å². The monoisotopic (exact) mass is 491 g/mol. The Labute approximate surface area is 214 Å². The van der Waals surface area contributed by atoms with E-state index in [-0.39, 0.29) is 18.9 Å². The zero-order valence-electron chi connectivity index (χ0n) is 19.9. The summed E-state index contributed by atoms with van der Waals surface area (Å²) in [7, 11) is 0. The molecule has 5 heteroatoms. The second-order valence-corrected chi connectivity index (χ2v) is 9.26. The van der Waals surface area contributed by atoms with Gasteiger partial charge in [-0.2, -0.15) is 0 Å². The molecule has 0 saturated carbocycles. The van der Waals surface area contributed by atoms with Gasteiger partial charge in [-0.25, -0.2) is 4.79 Å². The van der Waals surface area contributed by atoms with E-state index in [1.807, 2.05) is 90.3 Å². The van der Waals surface area contributed by atoms with Crippen LogP contribution in [0.5, 0.6) is 0 Å². The molecule has 4 aromatic carbocycles. The van der Waals surface area contributed by atoms with Gasteiger partial charge in [0, 0.05) is 10.9 Å². The van der Waals surface area contributed by atoms with Crippen molar-refractivity contribution in [3.8, 4) is 22.3 Å². The Balaban J connectivity index is 1.43. The predicted molar refractivity (Wildman–Crippen MR) is 147 cm³/mol. The number of benzene rings is 4. The molecule has 36 heavy (non-hydrogen) atoms. The van der Waals surface area contributed by atoms with Crippen molar-refractivity contribution in [1.29, 1.82) is 0 Å². The molecule has 0 aliphatic carbocycles. The van der Waals surface area contributed by atoms with Crippen molar-refractivity contribution in [2.24, 2.45) is 0 Å². The van der Waals surface area contributed by atoms with Gasteiger partial charge in [0.05, 0.1) is 13.0 Å². The van der Waals surface area contributed by atoms with Gasteiger partial charge in [0.25, 0.3) is 0 Å². The Morgan fingerprint density at radius 1 is 0.778 bits per heavy atom. The predicted octanol–water partition coefficient (Wildman–Crippen LogP) is 7.59. The smallest absolute Gasteiger partial charge is 0.341 e. The molecule has 0 spiro atoms. The Hall–Kier alpha value is -4.22. The lowest BCUT2D eigenvalue weighted by atomic mass is 9.99. The molecular formula is C31H25NO3S. The first-order valence-electron chi connectivity index (χ1n) is 11.8. The lowest BCUT2D eigenvalue weighted by Crippen LogP contribution is -2.16. The van der Waals surface area contributed by atoms with Gasteiger partial charge in [-0.1, -0.05) is 97.1 Å². The van der Waals surface area contributed by atoms with Crippen LogP contribution >= 0.6 is 11.3 Å². The third-order valence-electron chi connectivity index (χ3n) is 6.06. The number of hydrogen-bond donors (Lipinski definition) is 1. The molecule has 1 amide bonds. The molecule has 0 radical (unpaired) electrons. The number of fused-ring (bicyclic) bond motifs is 1. The zero-order valence-corrected chi connectivity index (χ0v) is 20.7. The van der Waals surface area contributed by atoms with E-state index in [0.29, 0.717) is 10.6 Å². The summed E-state index contributed by atoms with van der Waals surface area (Å²) < 4.78 is 5.36.